The number of thiophene rings is 1. The van der Waals surface area contributed by atoms with Gasteiger partial charge in [-0.25, -0.2) is 13.1 Å². The highest BCUT2D eigenvalue weighted by Crippen LogP contribution is 2.37. The summed E-state index contributed by atoms with van der Waals surface area (Å²) in [5.41, 5.74) is 2.12. The number of fused-ring (bicyclic) bond motifs is 2. The molecular weight excluding hydrogens is 486 g/mol. The van der Waals surface area contributed by atoms with Crippen LogP contribution in [0.1, 0.15) is 33.6 Å². The van der Waals surface area contributed by atoms with E-state index in [1.807, 2.05) is 35.2 Å². The van der Waals surface area contributed by atoms with Gasteiger partial charge < -0.3 is 9.55 Å². The minimum atomic E-state index is -4.05. The molecule has 0 atom stereocenters. The Balaban J connectivity index is 1.57. The molecule has 154 valence electrons. The van der Waals surface area contributed by atoms with Gasteiger partial charge in [0.15, 0.2) is 0 Å². The number of benzene rings is 1. The first kappa shape index (κ1) is 19.6. The maximum Gasteiger partial charge on any atom is 0.268 e. The minimum absolute atomic E-state index is 0.0544. The third-order valence-electron chi connectivity index (χ3n) is 5.36. The molecule has 3 aromatic heterocycles. The lowest BCUT2D eigenvalue weighted by Crippen LogP contribution is -2.31. The lowest BCUT2D eigenvalue weighted by atomic mass is 9.95. The Kier molecular flexibility index (Phi) is 4.83. The number of hydrogen-bond acceptors (Lipinski definition) is 4. The lowest BCUT2D eigenvalue weighted by Gasteiger charge is -2.13. The van der Waals surface area contributed by atoms with Crippen LogP contribution < -0.4 is 4.72 Å². The molecule has 9 heteroatoms. The van der Waals surface area contributed by atoms with Gasteiger partial charge in [0.25, 0.3) is 15.9 Å². The van der Waals surface area contributed by atoms with Crippen molar-refractivity contribution < 1.29 is 13.2 Å². The first-order valence-corrected chi connectivity index (χ1v) is 12.7. The Morgan fingerprint density at radius 2 is 1.90 bits per heavy atom. The van der Waals surface area contributed by atoms with Crippen molar-refractivity contribution in [3.8, 4) is 5.00 Å². The number of aromatic amines is 1. The highest BCUT2D eigenvalue weighted by Gasteiger charge is 2.30. The monoisotopic (exact) mass is 503 g/mol. The molecule has 0 aliphatic heterocycles. The highest BCUT2D eigenvalue weighted by atomic mass is 79.9. The van der Waals surface area contributed by atoms with Gasteiger partial charge in [-0.2, -0.15) is 0 Å². The largest absolute Gasteiger partial charge is 0.359 e. The van der Waals surface area contributed by atoms with Crippen molar-refractivity contribution in [3.63, 3.8) is 0 Å². The van der Waals surface area contributed by atoms with Gasteiger partial charge in [0, 0.05) is 33.3 Å². The van der Waals surface area contributed by atoms with Crippen LogP contribution >= 0.6 is 27.3 Å². The normalized spacial score (nSPS) is 14.0. The summed E-state index contributed by atoms with van der Waals surface area (Å²) in [5.74, 6) is -0.581. The molecule has 2 N–H and O–H groups in total. The van der Waals surface area contributed by atoms with Gasteiger partial charge in [-0.3, -0.25) is 4.79 Å². The van der Waals surface area contributed by atoms with Gasteiger partial charge in [-0.15, -0.1) is 11.3 Å². The fourth-order valence-corrected chi connectivity index (χ4v) is 6.94. The number of para-hydroxylation sites is 1. The first-order chi connectivity index (χ1) is 14.5. The molecule has 1 amide bonds. The summed E-state index contributed by atoms with van der Waals surface area (Å²) < 4.78 is 31.2. The smallest absolute Gasteiger partial charge is 0.268 e. The maximum absolute atomic E-state index is 13.3. The number of aryl methyl sites for hydroxylation is 1. The summed E-state index contributed by atoms with van der Waals surface area (Å²) in [5, 5.41) is 1.30. The molecule has 6 nitrogen and oxygen atoms in total. The summed E-state index contributed by atoms with van der Waals surface area (Å²) in [6.45, 7) is 0. The zero-order chi connectivity index (χ0) is 20.9. The number of sulfonamides is 1. The third-order valence-corrected chi connectivity index (χ3v) is 8.70. The number of carbonyl (C=O) groups excluding carboxylic acids is 1. The number of hydrogen-bond donors (Lipinski definition) is 2. The number of H-pyrrole nitrogens is 1. The Morgan fingerprint density at radius 3 is 2.70 bits per heavy atom. The van der Waals surface area contributed by atoms with Crippen LogP contribution in [0.2, 0.25) is 0 Å². The van der Waals surface area contributed by atoms with Crippen molar-refractivity contribution in [2.45, 2.75) is 30.6 Å². The number of nitrogens with zero attached hydrogens (tertiary/aromatic N) is 1. The lowest BCUT2D eigenvalue weighted by molar-refractivity contribution is 0.0981. The fraction of sp³-hybridized carbons (Fsp3) is 0.190. The standard InChI is InChI=1S/C21H18BrN3O3S2/c22-15-8-5-7-14-17(12-23-19(14)15)30(27,28)24-20(26)18-13-6-1-2-9-16(13)29-21(18)25-10-3-4-11-25/h3-5,7-8,10-12,23H,1-2,6,9H2,(H,24,26). The second-order valence-electron chi connectivity index (χ2n) is 7.23. The topological polar surface area (TPSA) is 84.0 Å². The molecule has 0 saturated heterocycles. The predicted molar refractivity (Wildman–Crippen MR) is 121 cm³/mol. The zero-order valence-electron chi connectivity index (χ0n) is 15.8. The van der Waals surface area contributed by atoms with Gasteiger partial charge >= 0.3 is 0 Å². The Bertz CT molecular complexity index is 1370. The second kappa shape index (κ2) is 7.40. The summed E-state index contributed by atoms with van der Waals surface area (Å²) in [7, 11) is -4.05. The van der Waals surface area contributed by atoms with Crippen molar-refractivity contribution in [1.82, 2.24) is 14.3 Å². The minimum Gasteiger partial charge on any atom is -0.359 e. The van der Waals surface area contributed by atoms with Crippen LogP contribution in [0.3, 0.4) is 0 Å². The van der Waals surface area contributed by atoms with E-state index in [4.69, 9.17) is 0 Å². The van der Waals surface area contributed by atoms with Crippen LogP contribution in [0.4, 0.5) is 0 Å². The molecule has 0 spiro atoms. The van der Waals surface area contributed by atoms with Crippen molar-refractivity contribution in [2.24, 2.45) is 0 Å². The van der Waals surface area contributed by atoms with Crippen molar-refractivity contribution in [1.29, 1.82) is 0 Å². The van der Waals surface area contributed by atoms with E-state index in [9.17, 15) is 13.2 Å². The van der Waals surface area contributed by atoms with Crippen LogP contribution in [0, 0.1) is 0 Å². The maximum atomic E-state index is 13.3. The molecule has 0 unspecified atom stereocenters. The SMILES string of the molecule is O=C(NS(=O)(=O)c1c[nH]c2c(Br)cccc12)c1c(-n2cccc2)sc2c1CCCC2. The molecule has 3 heterocycles. The van der Waals surface area contributed by atoms with Crippen LogP contribution in [0.5, 0.6) is 0 Å². The van der Waals surface area contributed by atoms with E-state index in [0.29, 0.717) is 16.5 Å². The van der Waals surface area contributed by atoms with Crippen molar-refractivity contribution in [2.75, 3.05) is 0 Å². The number of nitrogens with one attached hydrogen (secondary N) is 2. The van der Waals surface area contributed by atoms with Gasteiger partial charge in [0.2, 0.25) is 0 Å². The van der Waals surface area contributed by atoms with Crippen LogP contribution in [0.25, 0.3) is 15.9 Å². The van der Waals surface area contributed by atoms with E-state index in [1.165, 1.54) is 11.1 Å². The number of carbonyl (C=O) groups is 1. The third kappa shape index (κ3) is 3.21. The fourth-order valence-electron chi connectivity index (χ4n) is 3.98. The van der Waals surface area contributed by atoms with E-state index in [0.717, 1.165) is 40.7 Å². The Morgan fingerprint density at radius 1 is 1.13 bits per heavy atom. The van der Waals surface area contributed by atoms with Crippen LogP contribution in [-0.2, 0) is 22.9 Å². The summed E-state index contributed by atoms with van der Waals surface area (Å²) in [4.78, 5) is 17.5. The van der Waals surface area contributed by atoms with E-state index >= 15 is 0 Å². The number of halogens is 1. The molecule has 0 radical (unpaired) electrons. The average molecular weight is 504 g/mol. The molecule has 1 aliphatic rings. The van der Waals surface area contributed by atoms with Crippen molar-refractivity contribution in [3.05, 3.63) is 69.4 Å². The molecule has 1 aliphatic carbocycles. The van der Waals surface area contributed by atoms with E-state index in [1.54, 1.807) is 23.5 Å². The summed E-state index contributed by atoms with van der Waals surface area (Å²) in [6.07, 6.45) is 8.96. The molecule has 0 fully saturated rings. The van der Waals surface area contributed by atoms with E-state index in [-0.39, 0.29) is 4.90 Å². The number of rotatable bonds is 4. The Labute approximate surface area is 186 Å². The predicted octanol–water partition coefficient (Wildman–Crippen LogP) is 4.78. The first-order valence-electron chi connectivity index (χ1n) is 9.56. The van der Waals surface area contributed by atoms with E-state index in [2.05, 4.69) is 25.6 Å². The molecule has 0 saturated carbocycles. The molecule has 30 heavy (non-hydrogen) atoms. The second-order valence-corrected chi connectivity index (χ2v) is 10.8. The molecular formula is C21H18BrN3O3S2. The molecule has 1 aromatic carbocycles. The number of amides is 1. The summed E-state index contributed by atoms with van der Waals surface area (Å²) >= 11 is 4.99. The molecule has 4 aromatic rings. The molecule has 0 bridgehead atoms. The zero-order valence-corrected chi connectivity index (χ0v) is 19.0. The average Bonchev–Trinajstić information content (AvgIpc) is 3.45. The van der Waals surface area contributed by atoms with Crippen LogP contribution in [-0.4, -0.2) is 23.9 Å². The number of aromatic nitrogens is 2. The van der Waals surface area contributed by atoms with Crippen molar-refractivity contribution >= 4 is 54.1 Å². The van der Waals surface area contributed by atoms with Gasteiger partial charge in [-0.05, 0) is 65.4 Å². The molecule has 5 rings (SSSR count). The van der Waals surface area contributed by atoms with Gasteiger partial charge in [0.05, 0.1) is 11.1 Å². The summed E-state index contributed by atoms with van der Waals surface area (Å²) in [6, 6.07) is 9.09. The Hall–Kier alpha value is -2.36. The quantitative estimate of drug-likeness (QED) is 0.420. The van der Waals surface area contributed by atoms with Gasteiger partial charge in [0.1, 0.15) is 9.90 Å². The van der Waals surface area contributed by atoms with Gasteiger partial charge in [-0.1, -0.05) is 12.1 Å². The highest BCUT2D eigenvalue weighted by molar-refractivity contribution is 9.10. The van der Waals surface area contributed by atoms with Crippen LogP contribution in [0.15, 0.2) is 58.3 Å². The van der Waals surface area contributed by atoms with E-state index < -0.39 is 15.9 Å².